The predicted molar refractivity (Wildman–Crippen MR) is 68.2 cm³/mol. The first-order chi connectivity index (χ1) is 7.03. The molecule has 0 aliphatic carbocycles. The van der Waals surface area contributed by atoms with Gasteiger partial charge in [-0.2, -0.15) is 0 Å². The largest absolute Gasteiger partial charge is 0.335 e. The van der Waals surface area contributed by atoms with E-state index in [-0.39, 0.29) is 11.0 Å². The van der Waals surface area contributed by atoms with Crippen molar-refractivity contribution >= 4 is 5.91 Å². The van der Waals surface area contributed by atoms with Gasteiger partial charge in [-0.15, -0.1) is 0 Å². The van der Waals surface area contributed by atoms with Crippen LogP contribution >= 0.6 is 0 Å². The van der Waals surface area contributed by atoms with Crippen molar-refractivity contribution in [2.45, 2.75) is 72.9 Å². The third-order valence-electron chi connectivity index (χ3n) is 3.70. The molecule has 1 fully saturated rings. The van der Waals surface area contributed by atoms with Crippen LogP contribution < -0.4 is 0 Å². The van der Waals surface area contributed by atoms with E-state index in [4.69, 9.17) is 0 Å². The first-order valence-electron chi connectivity index (χ1n) is 6.35. The monoisotopic (exact) mass is 225 g/mol. The van der Waals surface area contributed by atoms with E-state index >= 15 is 0 Å². The van der Waals surface area contributed by atoms with E-state index in [0.29, 0.717) is 24.3 Å². The van der Waals surface area contributed by atoms with Crippen molar-refractivity contribution in [3.8, 4) is 0 Å². The first kappa shape index (κ1) is 13.5. The minimum Gasteiger partial charge on any atom is -0.335 e. The van der Waals surface area contributed by atoms with Crippen LogP contribution in [0.15, 0.2) is 0 Å². The highest BCUT2D eigenvalue weighted by Crippen LogP contribution is 2.39. The molecule has 1 aliphatic heterocycles. The standard InChI is InChI=1S/C14H27NO/c1-10-8-11(13(2,3)4)9-12(16)15(10)14(5,6)7/h10-11H,8-9H2,1-7H3. The van der Waals surface area contributed by atoms with Crippen molar-refractivity contribution in [3.05, 3.63) is 0 Å². The fraction of sp³-hybridized carbons (Fsp3) is 0.929. The van der Waals surface area contributed by atoms with E-state index in [0.717, 1.165) is 6.42 Å². The second kappa shape index (κ2) is 4.05. The number of likely N-dealkylation sites (tertiary alicyclic amines) is 1. The molecule has 0 aromatic heterocycles. The van der Waals surface area contributed by atoms with Crippen molar-refractivity contribution < 1.29 is 4.79 Å². The van der Waals surface area contributed by atoms with Gasteiger partial charge in [-0.05, 0) is 45.4 Å². The molecule has 1 rings (SSSR count). The topological polar surface area (TPSA) is 20.3 Å². The van der Waals surface area contributed by atoms with Gasteiger partial charge >= 0.3 is 0 Å². The third-order valence-corrected chi connectivity index (χ3v) is 3.70. The minimum absolute atomic E-state index is 0.0423. The van der Waals surface area contributed by atoms with E-state index in [9.17, 15) is 4.79 Å². The maximum atomic E-state index is 12.2. The summed E-state index contributed by atoms with van der Waals surface area (Å²) in [6.45, 7) is 15.3. The zero-order chi connectivity index (χ0) is 12.7. The number of carbonyl (C=O) groups is 1. The van der Waals surface area contributed by atoms with Gasteiger partial charge in [0.2, 0.25) is 5.91 Å². The van der Waals surface area contributed by atoms with E-state index < -0.39 is 0 Å². The van der Waals surface area contributed by atoms with Crippen LogP contribution in [0.25, 0.3) is 0 Å². The van der Waals surface area contributed by atoms with Gasteiger partial charge in [-0.25, -0.2) is 0 Å². The summed E-state index contributed by atoms with van der Waals surface area (Å²) in [5, 5.41) is 0. The molecule has 0 aromatic rings. The zero-order valence-corrected chi connectivity index (χ0v) is 11.9. The average Bonchev–Trinajstić information content (AvgIpc) is 1.97. The molecule has 0 aromatic carbocycles. The van der Waals surface area contributed by atoms with Crippen molar-refractivity contribution in [1.82, 2.24) is 4.90 Å². The summed E-state index contributed by atoms with van der Waals surface area (Å²) in [4.78, 5) is 14.3. The minimum atomic E-state index is -0.0423. The lowest BCUT2D eigenvalue weighted by atomic mass is 9.72. The van der Waals surface area contributed by atoms with Crippen LogP contribution in [0, 0.1) is 11.3 Å². The molecule has 1 heterocycles. The van der Waals surface area contributed by atoms with Crippen LogP contribution in [-0.2, 0) is 4.79 Å². The number of rotatable bonds is 0. The zero-order valence-electron chi connectivity index (χ0n) is 11.9. The summed E-state index contributed by atoms with van der Waals surface area (Å²) in [6, 6.07) is 0.366. The molecular weight excluding hydrogens is 198 g/mol. The Kier molecular flexibility index (Phi) is 3.42. The van der Waals surface area contributed by atoms with E-state index in [2.05, 4.69) is 53.4 Å². The second-order valence-electron chi connectivity index (χ2n) is 7.29. The SMILES string of the molecule is CC1CC(C(C)(C)C)CC(=O)N1C(C)(C)C. The lowest BCUT2D eigenvalue weighted by molar-refractivity contribution is -0.146. The highest BCUT2D eigenvalue weighted by Gasteiger charge is 2.40. The Balaban J connectivity index is 2.84. The quantitative estimate of drug-likeness (QED) is 0.618. The molecule has 0 N–H and O–H groups in total. The van der Waals surface area contributed by atoms with Gasteiger partial charge in [-0.1, -0.05) is 20.8 Å². The second-order valence-corrected chi connectivity index (χ2v) is 7.29. The van der Waals surface area contributed by atoms with Gasteiger partial charge in [0, 0.05) is 18.0 Å². The van der Waals surface area contributed by atoms with E-state index in [1.807, 2.05) is 0 Å². The molecule has 0 spiro atoms. The molecule has 1 amide bonds. The molecule has 2 atom stereocenters. The smallest absolute Gasteiger partial charge is 0.223 e. The van der Waals surface area contributed by atoms with Crippen molar-refractivity contribution in [3.63, 3.8) is 0 Å². The molecule has 1 saturated heterocycles. The fourth-order valence-electron chi connectivity index (χ4n) is 2.85. The first-order valence-corrected chi connectivity index (χ1v) is 6.35. The summed E-state index contributed by atoms with van der Waals surface area (Å²) >= 11 is 0. The number of carbonyl (C=O) groups excluding carboxylic acids is 1. The molecule has 0 radical (unpaired) electrons. The lowest BCUT2D eigenvalue weighted by Gasteiger charge is -2.48. The Morgan fingerprint density at radius 2 is 1.62 bits per heavy atom. The molecule has 2 heteroatoms. The normalized spacial score (nSPS) is 28.4. The lowest BCUT2D eigenvalue weighted by Crippen LogP contribution is -2.55. The van der Waals surface area contributed by atoms with Crippen molar-refractivity contribution in [2.24, 2.45) is 11.3 Å². The van der Waals surface area contributed by atoms with Gasteiger partial charge < -0.3 is 4.90 Å². The van der Waals surface area contributed by atoms with Gasteiger partial charge in [0.05, 0.1) is 0 Å². The molecule has 2 unspecified atom stereocenters. The number of piperidine rings is 1. The van der Waals surface area contributed by atoms with Crippen LogP contribution in [0.4, 0.5) is 0 Å². The van der Waals surface area contributed by atoms with Crippen molar-refractivity contribution in [2.75, 3.05) is 0 Å². The molecule has 0 saturated carbocycles. The maximum Gasteiger partial charge on any atom is 0.223 e. The summed E-state index contributed by atoms with van der Waals surface area (Å²) in [6.07, 6.45) is 1.84. The Morgan fingerprint density at radius 1 is 1.12 bits per heavy atom. The van der Waals surface area contributed by atoms with E-state index in [1.54, 1.807) is 0 Å². The van der Waals surface area contributed by atoms with Crippen molar-refractivity contribution in [1.29, 1.82) is 0 Å². The number of hydrogen-bond donors (Lipinski definition) is 0. The molecule has 16 heavy (non-hydrogen) atoms. The fourth-order valence-corrected chi connectivity index (χ4v) is 2.85. The van der Waals surface area contributed by atoms with Gasteiger partial charge in [0.25, 0.3) is 0 Å². The number of nitrogens with zero attached hydrogens (tertiary/aromatic N) is 1. The highest BCUT2D eigenvalue weighted by molar-refractivity contribution is 5.78. The van der Waals surface area contributed by atoms with Gasteiger partial charge in [0.15, 0.2) is 0 Å². The summed E-state index contributed by atoms with van der Waals surface area (Å²) in [7, 11) is 0. The Bertz CT molecular complexity index is 269. The maximum absolute atomic E-state index is 12.2. The molecule has 94 valence electrons. The van der Waals surface area contributed by atoms with Crippen LogP contribution in [-0.4, -0.2) is 22.4 Å². The Morgan fingerprint density at radius 3 is 1.94 bits per heavy atom. The number of hydrogen-bond acceptors (Lipinski definition) is 1. The predicted octanol–water partition coefficient (Wildman–Crippen LogP) is 3.46. The van der Waals surface area contributed by atoms with Crippen LogP contribution in [0.2, 0.25) is 0 Å². The third kappa shape index (κ3) is 2.78. The van der Waals surface area contributed by atoms with Gasteiger partial charge in [-0.3, -0.25) is 4.79 Å². The Labute approximate surface area is 100 Å². The molecule has 0 bridgehead atoms. The van der Waals surface area contributed by atoms with Crippen LogP contribution in [0.1, 0.15) is 61.3 Å². The molecule has 1 aliphatic rings. The summed E-state index contributed by atoms with van der Waals surface area (Å²) in [5.41, 5.74) is 0.202. The highest BCUT2D eigenvalue weighted by atomic mass is 16.2. The summed E-state index contributed by atoms with van der Waals surface area (Å²) in [5.74, 6) is 0.847. The Hall–Kier alpha value is -0.530. The van der Waals surface area contributed by atoms with Crippen LogP contribution in [0.3, 0.4) is 0 Å². The summed E-state index contributed by atoms with van der Waals surface area (Å²) < 4.78 is 0. The molecule has 2 nitrogen and oxygen atoms in total. The average molecular weight is 225 g/mol. The van der Waals surface area contributed by atoms with Crippen LogP contribution in [0.5, 0.6) is 0 Å². The molecular formula is C14H27NO. The van der Waals surface area contributed by atoms with E-state index in [1.165, 1.54) is 0 Å². The number of amides is 1. The van der Waals surface area contributed by atoms with Gasteiger partial charge in [0.1, 0.15) is 0 Å².